The number of rotatable bonds is 4. The molecule has 0 aliphatic rings. The Labute approximate surface area is 113 Å². The summed E-state index contributed by atoms with van der Waals surface area (Å²) in [6.07, 6.45) is 3.43. The predicted molar refractivity (Wildman–Crippen MR) is 75.9 cm³/mol. The summed E-state index contributed by atoms with van der Waals surface area (Å²) in [7, 11) is 3.59. The van der Waals surface area contributed by atoms with E-state index in [0.29, 0.717) is 5.70 Å². The zero-order valence-corrected chi connectivity index (χ0v) is 11.3. The van der Waals surface area contributed by atoms with Crippen molar-refractivity contribution >= 4 is 5.69 Å². The maximum atomic E-state index is 8.89. The molecule has 4 nitrogen and oxygen atoms in total. The van der Waals surface area contributed by atoms with Crippen molar-refractivity contribution in [2.75, 3.05) is 19.4 Å². The molecule has 0 fully saturated rings. The summed E-state index contributed by atoms with van der Waals surface area (Å²) in [6.45, 7) is 2.02. The van der Waals surface area contributed by atoms with E-state index in [4.69, 9.17) is 10.5 Å². The fourth-order valence-electron chi connectivity index (χ4n) is 1.55. The van der Waals surface area contributed by atoms with Crippen LogP contribution in [-0.2, 0) is 0 Å². The zero-order chi connectivity index (χ0) is 14.3. The number of hydrogen-bond acceptors (Lipinski definition) is 4. The van der Waals surface area contributed by atoms with Gasteiger partial charge in [-0.2, -0.15) is 10.5 Å². The lowest BCUT2D eigenvalue weighted by Gasteiger charge is -2.13. The molecule has 1 aromatic carbocycles. The van der Waals surface area contributed by atoms with Crippen molar-refractivity contribution in [3.05, 3.63) is 53.4 Å². The molecule has 0 atom stereocenters. The van der Waals surface area contributed by atoms with Crippen molar-refractivity contribution in [3.63, 3.8) is 0 Å². The smallest absolute Gasteiger partial charge is 0.152 e. The summed E-state index contributed by atoms with van der Waals surface area (Å²) in [6, 6.07) is 11.7. The molecule has 1 aromatic rings. The minimum Gasteiger partial charge on any atom is -0.376 e. The molecule has 0 saturated carbocycles. The van der Waals surface area contributed by atoms with E-state index >= 15 is 0 Å². The molecule has 1 N–H and O–H groups in total. The van der Waals surface area contributed by atoms with Gasteiger partial charge in [-0.15, -0.1) is 0 Å². The van der Waals surface area contributed by atoms with Crippen LogP contribution in [0.2, 0.25) is 0 Å². The topological polar surface area (TPSA) is 62.9 Å². The number of likely N-dealkylation sites (N-methyl/N-ethyl adjacent to an activating group) is 1. The third-order valence-electron chi connectivity index (χ3n) is 2.47. The summed E-state index contributed by atoms with van der Waals surface area (Å²) in [4.78, 5) is 1.73. The maximum absolute atomic E-state index is 8.89. The van der Waals surface area contributed by atoms with Crippen LogP contribution in [-0.4, -0.2) is 19.0 Å². The Bertz CT molecular complexity index is 567. The molecule has 0 amide bonds. The van der Waals surface area contributed by atoms with Gasteiger partial charge in [-0.3, -0.25) is 0 Å². The molecule has 0 aromatic heterocycles. The number of nitrogens with zero attached hydrogens (tertiary/aromatic N) is 3. The Kier molecular flexibility index (Phi) is 5.19. The lowest BCUT2D eigenvalue weighted by atomic mass is 10.2. The minimum absolute atomic E-state index is 0.0901. The van der Waals surface area contributed by atoms with E-state index in [1.807, 2.05) is 43.3 Å². The maximum Gasteiger partial charge on any atom is 0.152 e. The van der Waals surface area contributed by atoms with Crippen LogP contribution in [0.5, 0.6) is 0 Å². The number of benzene rings is 1. The Morgan fingerprint density at radius 2 is 1.95 bits per heavy atom. The Morgan fingerprint density at radius 1 is 1.26 bits per heavy atom. The monoisotopic (exact) mass is 252 g/mol. The van der Waals surface area contributed by atoms with Crippen molar-refractivity contribution < 1.29 is 0 Å². The molecular weight excluding hydrogens is 236 g/mol. The van der Waals surface area contributed by atoms with Crippen LogP contribution < -0.4 is 5.32 Å². The fraction of sp³-hybridized carbons (Fsp3) is 0.200. The highest BCUT2D eigenvalue weighted by Gasteiger charge is 2.04. The first-order chi connectivity index (χ1) is 9.08. The average Bonchev–Trinajstić information content (AvgIpc) is 2.38. The van der Waals surface area contributed by atoms with E-state index in [0.717, 1.165) is 11.3 Å². The number of nitriles is 2. The summed E-state index contributed by atoms with van der Waals surface area (Å²) >= 11 is 0. The molecular formula is C15H16N4. The number of hydrogen-bond donors (Lipinski definition) is 1. The standard InChI is InChI=1S/C15H16N4/c1-12-5-4-6-14(9-12)18-8-7-15(19(2)3)13(10-16)11-17/h4-9,18H,1-3H3/b8-7+. The van der Waals surface area contributed by atoms with Gasteiger partial charge in [0.2, 0.25) is 0 Å². The second-order valence-corrected chi connectivity index (χ2v) is 4.23. The van der Waals surface area contributed by atoms with Gasteiger partial charge in [0.15, 0.2) is 5.57 Å². The summed E-state index contributed by atoms with van der Waals surface area (Å²) in [5.74, 6) is 0. The van der Waals surface area contributed by atoms with Gasteiger partial charge in [0.05, 0.1) is 5.70 Å². The van der Waals surface area contributed by atoms with E-state index in [2.05, 4.69) is 5.32 Å². The largest absolute Gasteiger partial charge is 0.376 e. The normalized spacial score (nSPS) is 9.53. The molecule has 96 valence electrons. The van der Waals surface area contributed by atoms with Crippen molar-refractivity contribution in [2.24, 2.45) is 0 Å². The SMILES string of the molecule is Cc1cccc(N/C=C/C(=C(C#N)C#N)N(C)C)c1. The number of aryl methyl sites for hydroxylation is 1. The van der Waals surface area contributed by atoms with E-state index < -0.39 is 0 Å². The van der Waals surface area contributed by atoms with Crippen LogP contribution >= 0.6 is 0 Å². The van der Waals surface area contributed by atoms with E-state index in [-0.39, 0.29) is 5.57 Å². The van der Waals surface area contributed by atoms with Crippen LogP contribution in [0.3, 0.4) is 0 Å². The molecule has 4 heteroatoms. The third-order valence-corrected chi connectivity index (χ3v) is 2.47. The number of allylic oxidation sites excluding steroid dienone is 2. The Hall–Kier alpha value is -2.72. The molecule has 0 bridgehead atoms. The second-order valence-electron chi connectivity index (χ2n) is 4.23. The Balaban J connectivity index is 2.89. The number of nitrogens with one attached hydrogen (secondary N) is 1. The quantitative estimate of drug-likeness (QED) is 0.661. The van der Waals surface area contributed by atoms with Crippen molar-refractivity contribution in [1.29, 1.82) is 10.5 Å². The lowest BCUT2D eigenvalue weighted by Crippen LogP contribution is -2.11. The predicted octanol–water partition coefficient (Wildman–Crippen LogP) is 2.78. The summed E-state index contributed by atoms with van der Waals surface area (Å²) in [5, 5.41) is 20.9. The lowest BCUT2D eigenvalue weighted by molar-refractivity contribution is 0.527. The molecule has 0 heterocycles. The van der Waals surface area contributed by atoms with E-state index in [9.17, 15) is 0 Å². The highest BCUT2D eigenvalue weighted by Crippen LogP contribution is 2.11. The van der Waals surface area contributed by atoms with Gasteiger partial charge in [0, 0.05) is 26.0 Å². The van der Waals surface area contributed by atoms with Gasteiger partial charge in [-0.05, 0) is 30.7 Å². The van der Waals surface area contributed by atoms with Crippen molar-refractivity contribution in [1.82, 2.24) is 4.90 Å². The van der Waals surface area contributed by atoms with Crippen LogP contribution in [0.15, 0.2) is 47.8 Å². The molecule has 1 rings (SSSR count). The molecule has 0 radical (unpaired) electrons. The van der Waals surface area contributed by atoms with E-state index in [1.165, 1.54) is 0 Å². The molecule has 0 spiro atoms. The van der Waals surface area contributed by atoms with E-state index in [1.54, 1.807) is 31.3 Å². The molecule has 0 aliphatic heterocycles. The van der Waals surface area contributed by atoms with Crippen molar-refractivity contribution in [2.45, 2.75) is 6.92 Å². The first kappa shape index (κ1) is 14.3. The first-order valence-electron chi connectivity index (χ1n) is 5.80. The van der Waals surface area contributed by atoms with Gasteiger partial charge >= 0.3 is 0 Å². The second kappa shape index (κ2) is 6.88. The molecule has 19 heavy (non-hydrogen) atoms. The van der Waals surface area contributed by atoms with Crippen molar-refractivity contribution in [3.8, 4) is 12.1 Å². The fourth-order valence-corrected chi connectivity index (χ4v) is 1.55. The van der Waals surface area contributed by atoms with Crippen LogP contribution in [0, 0.1) is 29.6 Å². The first-order valence-corrected chi connectivity index (χ1v) is 5.80. The van der Waals surface area contributed by atoms with Gasteiger partial charge < -0.3 is 10.2 Å². The van der Waals surface area contributed by atoms with Gasteiger partial charge in [0.25, 0.3) is 0 Å². The minimum atomic E-state index is 0.0901. The summed E-state index contributed by atoms with van der Waals surface area (Å²) < 4.78 is 0. The average molecular weight is 252 g/mol. The highest BCUT2D eigenvalue weighted by molar-refractivity contribution is 5.49. The van der Waals surface area contributed by atoms with Crippen LogP contribution in [0.1, 0.15) is 5.56 Å². The van der Waals surface area contributed by atoms with Crippen LogP contribution in [0.4, 0.5) is 5.69 Å². The zero-order valence-electron chi connectivity index (χ0n) is 11.3. The molecule has 0 unspecified atom stereocenters. The van der Waals surface area contributed by atoms with Gasteiger partial charge in [-0.1, -0.05) is 12.1 Å². The Morgan fingerprint density at radius 3 is 2.47 bits per heavy atom. The van der Waals surface area contributed by atoms with Crippen LogP contribution in [0.25, 0.3) is 0 Å². The third kappa shape index (κ3) is 4.22. The van der Waals surface area contributed by atoms with Gasteiger partial charge in [0.1, 0.15) is 12.1 Å². The molecule has 0 aliphatic carbocycles. The molecule has 0 saturated heterocycles. The highest BCUT2D eigenvalue weighted by atomic mass is 15.1. The van der Waals surface area contributed by atoms with Gasteiger partial charge in [-0.25, -0.2) is 0 Å². The summed E-state index contributed by atoms with van der Waals surface area (Å²) in [5.41, 5.74) is 2.79. The number of anilines is 1.